The normalized spacial score (nSPS) is 18.1. The highest BCUT2D eigenvalue weighted by atomic mass is 32.2. The summed E-state index contributed by atoms with van der Waals surface area (Å²) in [7, 11) is 1.28. The summed E-state index contributed by atoms with van der Waals surface area (Å²) in [6.07, 6.45) is 0.949. The fourth-order valence-electron chi connectivity index (χ4n) is 5.10. The van der Waals surface area contributed by atoms with Gasteiger partial charge in [0.25, 0.3) is 0 Å². The number of pyridine rings is 1. The highest BCUT2D eigenvalue weighted by molar-refractivity contribution is 7.99. The number of rotatable bonds is 12. The Bertz CT molecular complexity index is 1650. The maximum atomic E-state index is 12.8. The van der Waals surface area contributed by atoms with E-state index in [1.807, 2.05) is 54.6 Å². The first-order valence-electron chi connectivity index (χ1n) is 14.9. The average Bonchev–Trinajstić information content (AvgIpc) is 3.10. The van der Waals surface area contributed by atoms with Gasteiger partial charge in [0.15, 0.2) is 6.29 Å². The molecular formula is C35H35N3O8S. The van der Waals surface area contributed by atoms with Gasteiger partial charge in [0.1, 0.15) is 11.1 Å². The van der Waals surface area contributed by atoms with Crippen molar-refractivity contribution < 1.29 is 38.8 Å². The Balaban J connectivity index is 1.27. The predicted molar refractivity (Wildman–Crippen MR) is 175 cm³/mol. The smallest absolute Gasteiger partial charge is 0.338 e. The van der Waals surface area contributed by atoms with E-state index in [-0.39, 0.29) is 30.8 Å². The number of nitrogens with zero attached hydrogens (tertiary/aromatic N) is 1. The van der Waals surface area contributed by atoms with Crippen LogP contribution in [-0.4, -0.2) is 58.2 Å². The van der Waals surface area contributed by atoms with Gasteiger partial charge < -0.3 is 35.1 Å². The zero-order chi connectivity index (χ0) is 33.2. The number of carbonyl (C=O) groups excluding carboxylic acids is 2. The molecule has 1 aliphatic rings. The number of aliphatic hydroxyl groups is 1. The molecule has 2 amide bonds. The van der Waals surface area contributed by atoms with Crippen molar-refractivity contribution in [1.82, 2.24) is 10.3 Å². The van der Waals surface area contributed by atoms with Gasteiger partial charge in [-0.1, -0.05) is 66.7 Å². The summed E-state index contributed by atoms with van der Waals surface area (Å²) in [6.45, 7) is -0.0679. The first-order valence-corrected chi connectivity index (χ1v) is 15.9. The molecule has 2 heterocycles. The summed E-state index contributed by atoms with van der Waals surface area (Å²) in [5, 5.41) is 24.9. The van der Waals surface area contributed by atoms with Gasteiger partial charge in [-0.05, 0) is 41.0 Å². The van der Waals surface area contributed by atoms with Gasteiger partial charge in [0.2, 0.25) is 0 Å². The molecule has 0 bridgehead atoms. The predicted octanol–water partition coefficient (Wildman–Crippen LogP) is 5.52. The zero-order valence-corrected chi connectivity index (χ0v) is 26.4. The van der Waals surface area contributed by atoms with Crippen molar-refractivity contribution in [2.45, 2.75) is 49.0 Å². The molecule has 1 saturated heterocycles. The number of nitrogens with one attached hydrogen (secondary N) is 2. The van der Waals surface area contributed by atoms with Crippen LogP contribution in [0.5, 0.6) is 0 Å². The third-order valence-corrected chi connectivity index (χ3v) is 8.67. The number of carboxylic acids is 1. The SMILES string of the molecule is COC(=O)[C@H](Cc1ccccc1)NC(=O)Nc1ccc([C@@H]2O[C@H](CSc3ncccc3C(=O)O)C[C@H](c3ccc(CO)cc3)O2)cc1. The molecule has 0 radical (unpaired) electrons. The monoisotopic (exact) mass is 657 g/mol. The average molecular weight is 658 g/mol. The molecule has 1 aromatic heterocycles. The molecule has 5 rings (SSSR count). The third kappa shape index (κ3) is 9.17. The molecule has 11 nitrogen and oxygen atoms in total. The topological polar surface area (TPSA) is 156 Å². The van der Waals surface area contributed by atoms with Crippen LogP contribution in [-0.2, 0) is 32.0 Å². The number of hydrogen-bond donors (Lipinski definition) is 4. The van der Waals surface area contributed by atoms with E-state index < -0.39 is 30.3 Å². The molecular weight excluding hydrogens is 622 g/mol. The molecule has 4 atom stereocenters. The van der Waals surface area contributed by atoms with E-state index in [1.54, 1.807) is 36.5 Å². The van der Waals surface area contributed by atoms with Crippen molar-refractivity contribution in [3.05, 3.63) is 125 Å². The van der Waals surface area contributed by atoms with E-state index in [0.29, 0.717) is 28.5 Å². The van der Waals surface area contributed by atoms with Crippen molar-refractivity contribution >= 4 is 35.4 Å². The molecule has 12 heteroatoms. The van der Waals surface area contributed by atoms with Crippen molar-refractivity contribution in [3.8, 4) is 0 Å². The van der Waals surface area contributed by atoms with E-state index >= 15 is 0 Å². The van der Waals surface area contributed by atoms with Crippen LogP contribution in [0.2, 0.25) is 0 Å². The van der Waals surface area contributed by atoms with Gasteiger partial charge in [-0.15, -0.1) is 11.8 Å². The molecule has 1 aliphatic heterocycles. The zero-order valence-electron chi connectivity index (χ0n) is 25.6. The van der Waals surface area contributed by atoms with Crippen molar-refractivity contribution in [3.63, 3.8) is 0 Å². The van der Waals surface area contributed by atoms with E-state index in [1.165, 1.54) is 24.9 Å². The van der Waals surface area contributed by atoms with Crippen LogP contribution in [0.15, 0.2) is 102 Å². The largest absolute Gasteiger partial charge is 0.478 e. The Morgan fingerprint density at radius 1 is 0.936 bits per heavy atom. The second kappa shape index (κ2) is 16.2. The van der Waals surface area contributed by atoms with E-state index in [2.05, 4.69) is 15.6 Å². The van der Waals surface area contributed by atoms with Crippen LogP contribution < -0.4 is 10.6 Å². The first kappa shape index (κ1) is 33.6. The van der Waals surface area contributed by atoms with Gasteiger partial charge in [0, 0.05) is 36.0 Å². The van der Waals surface area contributed by atoms with Crippen molar-refractivity contribution in [2.24, 2.45) is 0 Å². The molecule has 244 valence electrons. The Hall–Kier alpha value is -4.75. The van der Waals surface area contributed by atoms with E-state index in [9.17, 15) is 24.6 Å². The molecule has 0 saturated carbocycles. The summed E-state index contributed by atoms with van der Waals surface area (Å²) in [6, 6.07) is 25.5. The molecule has 1 fully saturated rings. The van der Waals surface area contributed by atoms with Gasteiger partial charge in [0.05, 0.1) is 31.5 Å². The lowest BCUT2D eigenvalue weighted by atomic mass is 10.0. The lowest BCUT2D eigenvalue weighted by Gasteiger charge is -2.36. The van der Waals surface area contributed by atoms with Crippen LogP contribution in [0, 0.1) is 0 Å². The molecule has 0 spiro atoms. The van der Waals surface area contributed by atoms with Gasteiger partial charge >= 0.3 is 18.0 Å². The molecule has 4 N–H and O–H groups in total. The van der Waals surface area contributed by atoms with Crippen LogP contribution in [0.25, 0.3) is 0 Å². The van der Waals surface area contributed by atoms with Gasteiger partial charge in [-0.2, -0.15) is 0 Å². The van der Waals surface area contributed by atoms with Gasteiger partial charge in [-0.25, -0.2) is 19.4 Å². The summed E-state index contributed by atoms with van der Waals surface area (Å²) in [5.41, 5.74) is 3.91. The highest BCUT2D eigenvalue weighted by Gasteiger charge is 2.33. The molecule has 0 aliphatic carbocycles. The lowest BCUT2D eigenvalue weighted by molar-refractivity contribution is -0.245. The number of hydrogen-bond acceptors (Lipinski definition) is 9. The number of carboxylic acid groups (broad SMARTS) is 1. The van der Waals surface area contributed by atoms with Crippen LogP contribution in [0.4, 0.5) is 10.5 Å². The summed E-state index contributed by atoms with van der Waals surface area (Å²) in [4.78, 5) is 41.1. The Morgan fingerprint density at radius 3 is 2.34 bits per heavy atom. The van der Waals surface area contributed by atoms with E-state index in [4.69, 9.17) is 14.2 Å². The number of benzene rings is 3. The number of aliphatic hydroxyl groups excluding tert-OH is 1. The minimum Gasteiger partial charge on any atom is -0.478 e. The second-order valence-electron chi connectivity index (χ2n) is 10.8. The molecule has 4 aromatic rings. The Labute approximate surface area is 276 Å². The molecule has 3 aromatic carbocycles. The van der Waals surface area contributed by atoms with E-state index in [0.717, 1.165) is 16.7 Å². The number of esters is 1. The number of anilines is 1. The standard InChI is InChI=1S/C35H35N3O8S/c1-44-33(42)29(18-22-6-3-2-4-7-22)38-35(43)37-26-15-13-25(14-16-26)34-45-27(21-47-31-28(32(40)41)8-5-17-36-31)19-30(46-34)24-11-9-23(20-39)10-12-24/h2-17,27,29-30,34,39H,18-21H2,1H3,(H,40,41)(H2,37,38,43)/t27-,29-,30+,34+/m0/s1. The van der Waals surface area contributed by atoms with Crippen molar-refractivity contribution in [1.29, 1.82) is 0 Å². The molecule has 0 unspecified atom stereocenters. The summed E-state index contributed by atoms with van der Waals surface area (Å²) in [5.74, 6) is -1.17. The first-order chi connectivity index (χ1) is 22.8. The maximum Gasteiger partial charge on any atom is 0.338 e. The number of carbonyl (C=O) groups is 3. The quantitative estimate of drug-likeness (QED) is 0.113. The highest BCUT2D eigenvalue weighted by Crippen LogP contribution is 2.39. The number of aromatic nitrogens is 1. The number of urea groups is 1. The number of ether oxygens (including phenoxy) is 3. The Kier molecular flexibility index (Phi) is 11.6. The minimum atomic E-state index is -1.05. The minimum absolute atomic E-state index is 0.0679. The number of methoxy groups -OCH3 is 1. The fraction of sp³-hybridized carbons (Fsp3) is 0.257. The maximum absolute atomic E-state index is 12.8. The number of amides is 2. The second-order valence-corrected chi connectivity index (χ2v) is 11.8. The van der Waals surface area contributed by atoms with Gasteiger partial charge in [-0.3, -0.25) is 0 Å². The Morgan fingerprint density at radius 2 is 1.66 bits per heavy atom. The summed E-state index contributed by atoms with van der Waals surface area (Å²) >= 11 is 1.31. The molecule has 47 heavy (non-hydrogen) atoms. The number of aromatic carboxylic acids is 1. The van der Waals surface area contributed by atoms with Crippen LogP contribution >= 0.6 is 11.8 Å². The lowest BCUT2D eigenvalue weighted by Crippen LogP contribution is -2.45. The third-order valence-electron chi connectivity index (χ3n) is 7.54. The van der Waals surface area contributed by atoms with Crippen molar-refractivity contribution in [2.75, 3.05) is 18.2 Å². The number of thioether (sulfide) groups is 1. The van der Waals surface area contributed by atoms with Crippen LogP contribution in [0.3, 0.4) is 0 Å². The summed E-state index contributed by atoms with van der Waals surface area (Å²) < 4.78 is 17.6. The fourth-order valence-corrected chi connectivity index (χ4v) is 6.10. The van der Waals surface area contributed by atoms with Crippen LogP contribution in [0.1, 0.15) is 51.4 Å².